The summed E-state index contributed by atoms with van der Waals surface area (Å²) in [4.78, 5) is 13.5. The van der Waals surface area contributed by atoms with Crippen LogP contribution in [0, 0.1) is 0 Å². The molecule has 0 unspecified atom stereocenters. The van der Waals surface area contributed by atoms with E-state index >= 15 is 0 Å². The fourth-order valence-corrected chi connectivity index (χ4v) is 1.53. The summed E-state index contributed by atoms with van der Waals surface area (Å²) in [6.45, 7) is 0. The minimum Gasteiger partial charge on any atom is -0.455 e. The fraction of sp³-hybridized carbons (Fsp3) is 0. The number of H-pyrrole nitrogens is 1. The molecule has 0 amide bonds. The number of ether oxygens (including phenoxy) is 1. The Morgan fingerprint density at radius 2 is 1.93 bits per heavy atom. The normalized spacial score (nSPS) is 9.93. The minimum atomic E-state index is -0.165. The zero-order valence-electron chi connectivity index (χ0n) is 7.74. The molecule has 0 aliphatic heterocycles. The lowest BCUT2D eigenvalue weighted by Crippen LogP contribution is -2.02. The van der Waals surface area contributed by atoms with Crippen molar-refractivity contribution < 1.29 is 4.74 Å². The Morgan fingerprint density at radius 3 is 2.60 bits per heavy atom. The van der Waals surface area contributed by atoms with Crippen molar-refractivity contribution >= 4 is 15.9 Å². The highest BCUT2D eigenvalue weighted by Gasteiger charge is 2.02. The van der Waals surface area contributed by atoms with Crippen LogP contribution < -0.4 is 10.3 Å². The number of nitrogens with one attached hydrogen (secondary N) is 1. The highest BCUT2D eigenvalue weighted by Crippen LogP contribution is 2.26. The van der Waals surface area contributed by atoms with Crippen LogP contribution in [0.2, 0.25) is 0 Å². The average molecular weight is 266 g/mol. The van der Waals surface area contributed by atoms with Gasteiger partial charge in [-0.3, -0.25) is 4.79 Å². The van der Waals surface area contributed by atoms with Crippen molar-refractivity contribution in [1.29, 1.82) is 0 Å². The van der Waals surface area contributed by atoms with Crippen molar-refractivity contribution in [2.24, 2.45) is 0 Å². The van der Waals surface area contributed by atoms with Gasteiger partial charge >= 0.3 is 0 Å². The first kappa shape index (κ1) is 9.98. The maximum Gasteiger partial charge on any atom is 0.249 e. The summed E-state index contributed by atoms with van der Waals surface area (Å²) >= 11 is 3.26. The van der Waals surface area contributed by atoms with E-state index in [0.29, 0.717) is 10.2 Å². The SMILES string of the molecule is O=c1cc(Br)c(Oc2ccccc2)c[nH]1. The average Bonchev–Trinajstić information content (AvgIpc) is 2.24. The van der Waals surface area contributed by atoms with Gasteiger partial charge < -0.3 is 9.72 Å². The Morgan fingerprint density at radius 1 is 1.20 bits per heavy atom. The lowest BCUT2D eigenvalue weighted by molar-refractivity contribution is 0.477. The zero-order valence-corrected chi connectivity index (χ0v) is 9.32. The molecule has 1 aromatic carbocycles. The van der Waals surface area contributed by atoms with E-state index in [1.807, 2.05) is 30.3 Å². The minimum absolute atomic E-state index is 0.165. The van der Waals surface area contributed by atoms with E-state index in [1.165, 1.54) is 12.3 Å². The standard InChI is InChI=1S/C11H8BrNO2/c12-9-6-11(14)13-7-10(9)15-8-4-2-1-3-5-8/h1-7H,(H,13,14). The molecule has 1 aromatic heterocycles. The number of hydrogen-bond donors (Lipinski definition) is 1. The third-order valence-corrected chi connectivity index (χ3v) is 2.43. The number of aromatic amines is 1. The summed E-state index contributed by atoms with van der Waals surface area (Å²) in [6.07, 6.45) is 1.53. The van der Waals surface area contributed by atoms with E-state index in [4.69, 9.17) is 4.74 Å². The molecule has 2 aromatic rings. The molecular formula is C11H8BrNO2. The summed E-state index contributed by atoms with van der Waals surface area (Å²) in [6, 6.07) is 10.8. The molecule has 0 bridgehead atoms. The van der Waals surface area contributed by atoms with Gasteiger partial charge in [0.05, 0.1) is 4.47 Å². The molecule has 3 nitrogen and oxygen atoms in total. The second-order valence-electron chi connectivity index (χ2n) is 2.92. The fourth-order valence-electron chi connectivity index (χ4n) is 1.13. The Hall–Kier alpha value is -1.55. The molecule has 0 atom stereocenters. The molecule has 1 heterocycles. The highest BCUT2D eigenvalue weighted by atomic mass is 79.9. The largest absolute Gasteiger partial charge is 0.455 e. The molecule has 2 rings (SSSR count). The Kier molecular flexibility index (Phi) is 2.87. The van der Waals surface area contributed by atoms with Crippen LogP contribution >= 0.6 is 15.9 Å². The second kappa shape index (κ2) is 4.31. The highest BCUT2D eigenvalue weighted by molar-refractivity contribution is 9.10. The number of aromatic nitrogens is 1. The van der Waals surface area contributed by atoms with Gasteiger partial charge in [-0.2, -0.15) is 0 Å². The summed E-state index contributed by atoms with van der Waals surface area (Å²) in [5.41, 5.74) is -0.165. The van der Waals surface area contributed by atoms with E-state index in [-0.39, 0.29) is 5.56 Å². The van der Waals surface area contributed by atoms with Gasteiger partial charge in [0.1, 0.15) is 5.75 Å². The number of hydrogen-bond acceptors (Lipinski definition) is 2. The van der Waals surface area contributed by atoms with Crippen LogP contribution in [0.1, 0.15) is 0 Å². The predicted octanol–water partition coefficient (Wildman–Crippen LogP) is 2.93. The zero-order chi connectivity index (χ0) is 10.7. The van der Waals surface area contributed by atoms with Crippen molar-refractivity contribution in [2.75, 3.05) is 0 Å². The molecule has 76 valence electrons. The molecule has 0 fully saturated rings. The van der Waals surface area contributed by atoms with Crippen LogP contribution in [0.5, 0.6) is 11.5 Å². The van der Waals surface area contributed by atoms with Gasteiger partial charge in [-0.05, 0) is 28.1 Å². The third kappa shape index (κ3) is 2.47. The molecule has 1 N–H and O–H groups in total. The molecule has 4 heteroatoms. The van der Waals surface area contributed by atoms with Gasteiger partial charge in [0.15, 0.2) is 5.75 Å². The molecule has 0 spiro atoms. The first-order valence-electron chi connectivity index (χ1n) is 4.37. The van der Waals surface area contributed by atoms with Crippen molar-refractivity contribution in [3.63, 3.8) is 0 Å². The lowest BCUT2D eigenvalue weighted by Gasteiger charge is -2.06. The van der Waals surface area contributed by atoms with Crippen LogP contribution in [0.4, 0.5) is 0 Å². The predicted molar refractivity (Wildman–Crippen MR) is 61.3 cm³/mol. The monoisotopic (exact) mass is 265 g/mol. The topological polar surface area (TPSA) is 42.1 Å². The maximum atomic E-state index is 11.0. The third-order valence-electron chi connectivity index (χ3n) is 1.81. The molecule has 0 aliphatic rings. The van der Waals surface area contributed by atoms with Gasteiger partial charge in [0.2, 0.25) is 5.56 Å². The summed E-state index contributed by atoms with van der Waals surface area (Å²) in [7, 11) is 0. The van der Waals surface area contributed by atoms with Crippen LogP contribution in [-0.4, -0.2) is 4.98 Å². The van der Waals surface area contributed by atoms with Gasteiger partial charge in [-0.15, -0.1) is 0 Å². The molecule has 15 heavy (non-hydrogen) atoms. The number of pyridine rings is 1. The summed E-state index contributed by atoms with van der Waals surface area (Å²) in [5, 5.41) is 0. The Bertz CT molecular complexity index is 507. The Labute approximate surface area is 94.9 Å². The van der Waals surface area contributed by atoms with Crippen molar-refractivity contribution in [3.05, 3.63) is 57.4 Å². The van der Waals surface area contributed by atoms with Gasteiger partial charge in [0, 0.05) is 12.3 Å². The smallest absolute Gasteiger partial charge is 0.249 e. The summed E-state index contributed by atoms with van der Waals surface area (Å²) < 4.78 is 6.18. The van der Waals surface area contributed by atoms with Crippen molar-refractivity contribution in [1.82, 2.24) is 4.98 Å². The van der Waals surface area contributed by atoms with E-state index in [1.54, 1.807) is 0 Å². The first-order chi connectivity index (χ1) is 7.25. The molecular weight excluding hydrogens is 258 g/mol. The summed E-state index contributed by atoms with van der Waals surface area (Å²) in [5.74, 6) is 1.31. The second-order valence-corrected chi connectivity index (χ2v) is 3.78. The molecule has 0 radical (unpaired) electrons. The number of rotatable bonds is 2. The van der Waals surface area contributed by atoms with E-state index in [0.717, 1.165) is 5.75 Å². The van der Waals surface area contributed by atoms with E-state index < -0.39 is 0 Å². The Balaban J connectivity index is 2.29. The van der Waals surface area contributed by atoms with E-state index in [9.17, 15) is 4.79 Å². The number of para-hydroxylation sites is 1. The van der Waals surface area contributed by atoms with Crippen LogP contribution in [-0.2, 0) is 0 Å². The molecule has 0 saturated heterocycles. The number of halogens is 1. The first-order valence-corrected chi connectivity index (χ1v) is 5.16. The van der Waals surface area contributed by atoms with Gasteiger partial charge in [-0.1, -0.05) is 18.2 Å². The van der Waals surface area contributed by atoms with Crippen LogP contribution in [0.25, 0.3) is 0 Å². The number of benzene rings is 1. The van der Waals surface area contributed by atoms with Crippen LogP contribution in [0.3, 0.4) is 0 Å². The lowest BCUT2D eigenvalue weighted by atomic mass is 10.3. The van der Waals surface area contributed by atoms with E-state index in [2.05, 4.69) is 20.9 Å². The van der Waals surface area contributed by atoms with Gasteiger partial charge in [0.25, 0.3) is 0 Å². The molecule has 0 saturated carbocycles. The van der Waals surface area contributed by atoms with Gasteiger partial charge in [-0.25, -0.2) is 0 Å². The van der Waals surface area contributed by atoms with Crippen molar-refractivity contribution in [2.45, 2.75) is 0 Å². The quantitative estimate of drug-likeness (QED) is 0.908. The molecule has 0 aliphatic carbocycles. The maximum absolute atomic E-state index is 11.0. The van der Waals surface area contributed by atoms with Crippen LogP contribution in [0.15, 0.2) is 51.9 Å². The van der Waals surface area contributed by atoms with Crippen molar-refractivity contribution in [3.8, 4) is 11.5 Å².